The van der Waals surface area contributed by atoms with E-state index in [4.69, 9.17) is 4.74 Å². The van der Waals surface area contributed by atoms with Gasteiger partial charge in [-0.25, -0.2) is 13.2 Å². The maximum atomic E-state index is 13.3. The second kappa shape index (κ2) is 4.74. The lowest BCUT2D eigenvalue weighted by atomic mass is 10.1. The number of hydrogen-bond acceptors (Lipinski definition) is 2. The summed E-state index contributed by atoms with van der Waals surface area (Å²) in [4.78, 5) is 0. The van der Waals surface area contributed by atoms with Gasteiger partial charge in [0.2, 0.25) is 0 Å². The van der Waals surface area contributed by atoms with Gasteiger partial charge in [-0.1, -0.05) is 0 Å². The molecule has 0 spiro atoms. The van der Waals surface area contributed by atoms with Crippen LogP contribution < -0.4 is 5.32 Å². The van der Waals surface area contributed by atoms with Crippen LogP contribution in [0.2, 0.25) is 0 Å². The van der Waals surface area contributed by atoms with Crippen LogP contribution in [0.5, 0.6) is 0 Å². The Hall–Kier alpha value is -1.23. The summed E-state index contributed by atoms with van der Waals surface area (Å²) in [5.41, 5.74) is -0.0191. The van der Waals surface area contributed by atoms with Crippen LogP contribution >= 0.6 is 0 Å². The van der Waals surface area contributed by atoms with Crippen molar-refractivity contribution in [3.63, 3.8) is 0 Å². The molecule has 0 aromatic heterocycles. The number of hydrogen-bond donors (Lipinski definition) is 1. The normalized spacial score (nSPS) is 20.8. The highest BCUT2D eigenvalue weighted by Gasteiger charge is 2.16. The summed E-state index contributed by atoms with van der Waals surface area (Å²) >= 11 is 0. The lowest BCUT2D eigenvalue weighted by Crippen LogP contribution is -2.30. The van der Waals surface area contributed by atoms with E-state index >= 15 is 0 Å². The van der Waals surface area contributed by atoms with Gasteiger partial charge >= 0.3 is 0 Å². The van der Waals surface area contributed by atoms with E-state index in [0.29, 0.717) is 19.3 Å². The van der Waals surface area contributed by atoms with Crippen LogP contribution in [-0.4, -0.2) is 19.3 Å². The molecule has 1 saturated heterocycles. The Bertz CT molecular complexity index is 378. The summed E-state index contributed by atoms with van der Waals surface area (Å²) in [5.74, 6) is -3.02. The number of rotatable bonds is 2. The minimum Gasteiger partial charge on any atom is -0.379 e. The fraction of sp³-hybridized carbons (Fsp3) is 0.455. The first-order valence-electron chi connectivity index (χ1n) is 5.15. The number of benzene rings is 1. The highest BCUT2D eigenvalue weighted by Crippen LogP contribution is 2.21. The Labute approximate surface area is 91.4 Å². The summed E-state index contributed by atoms with van der Waals surface area (Å²) < 4.78 is 44.0. The molecule has 1 N–H and O–H groups in total. The molecule has 88 valence electrons. The van der Waals surface area contributed by atoms with E-state index < -0.39 is 17.5 Å². The molecule has 1 unspecified atom stereocenters. The van der Waals surface area contributed by atoms with Gasteiger partial charge in [-0.15, -0.1) is 0 Å². The van der Waals surface area contributed by atoms with E-state index in [9.17, 15) is 13.2 Å². The van der Waals surface area contributed by atoms with Gasteiger partial charge in [-0.2, -0.15) is 0 Å². The standard InChI is InChI=1S/C11H12F3NO/c12-8-4-10(14)11(5-9(8)13)15-7-2-1-3-16-6-7/h4-5,7,15H,1-3,6H2. The fourth-order valence-electron chi connectivity index (χ4n) is 1.71. The topological polar surface area (TPSA) is 21.3 Å². The quantitative estimate of drug-likeness (QED) is 0.790. The highest BCUT2D eigenvalue weighted by atomic mass is 19.2. The average molecular weight is 231 g/mol. The van der Waals surface area contributed by atoms with Crippen LogP contribution in [0.3, 0.4) is 0 Å². The molecule has 1 fully saturated rings. The minimum absolute atomic E-state index is 0.0191. The van der Waals surface area contributed by atoms with Crippen molar-refractivity contribution in [2.75, 3.05) is 18.5 Å². The Morgan fingerprint density at radius 3 is 2.56 bits per heavy atom. The van der Waals surface area contributed by atoms with Gasteiger partial charge in [0.25, 0.3) is 0 Å². The molecule has 1 atom stereocenters. The van der Waals surface area contributed by atoms with Crippen LogP contribution in [0.25, 0.3) is 0 Å². The molecule has 2 rings (SSSR count). The predicted octanol–water partition coefficient (Wildman–Crippen LogP) is 2.69. The predicted molar refractivity (Wildman–Crippen MR) is 53.8 cm³/mol. The summed E-state index contributed by atoms with van der Waals surface area (Å²) in [6.45, 7) is 1.15. The molecular weight excluding hydrogens is 219 g/mol. The van der Waals surface area contributed by atoms with Gasteiger partial charge in [-0.3, -0.25) is 0 Å². The van der Waals surface area contributed by atoms with Crippen molar-refractivity contribution >= 4 is 5.69 Å². The second-order valence-electron chi connectivity index (χ2n) is 3.80. The zero-order valence-corrected chi connectivity index (χ0v) is 8.60. The zero-order chi connectivity index (χ0) is 11.5. The van der Waals surface area contributed by atoms with Crippen LogP contribution in [0.1, 0.15) is 12.8 Å². The van der Waals surface area contributed by atoms with Gasteiger partial charge in [-0.05, 0) is 12.8 Å². The van der Waals surface area contributed by atoms with E-state index in [1.165, 1.54) is 0 Å². The van der Waals surface area contributed by atoms with Gasteiger partial charge in [0.05, 0.1) is 12.3 Å². The monoisotopic (exact) mass is 231 g/mol. The maximum absolute atomic E-state index is 13.3. The minimum atomic E-state index is -1.18. The first-order valence-corrected chi connectivity index (χ1v) is 5.15. The molecule has 0 aliphatic carbocycles. The SMILES string of the molecule is Fc1cc(F)c(NC2CCCOC2)cc1F. The van der Waals surface area contributed by atoms with Gasteiger partial charge in [0.1, 0.15) is 5.82 Å². The van der Waals surface area contributed by atoms with E-state index in [2.05, 4.69) is 5.32 Å². The Kier molecular flexibility index (Phi) is 3.33. The zero-order valence-electron chi connectivity index (χ0n) is 8.60. The second-order valence-corrected chi connectivity index (χ2v) is 3.80. The van der Waals surface area contributed by atoms with E-state index in [1.54, 1.807) is 0 Å². The summed E-state index contributed by atoms with van der Waals surface area (Å²) in [7, 11) is 0. The molecule has 1 aromatic rings. The smallest absolute Gasteiger partial charge is 0.161 e. The number of anilines is 1. The third-order valence-electron chi connectivity index (χ3n) is 2.53. The Balaban J connectivity index is 2.11. The molecule has 1 aliphatic rings. The van der Waals surface area contributed by atoms with E-state index in [1.807, 2.05) is 0 Å². The summed E-state index contributed by atoms with van der Waals surface area (Å²) in [6.07, 6.45) is 1.71. The van der Waals surface area contributed by atoms with E-state index in [-0.39, 0.29) is 11.7 Å². The number of halogens is 3. The molecule has 0 radical (unpaired) electrons. The molecule has 2 nitrogen and oxygen atoms in total. The fourth-order valence-corrected chi connectivity index (χ4v) is 1.71. The molecule has 1 aliphatic heterocycles. The third-order valence-corrected chi connectivity index (χ3v) is 2.53. The molecule has 0 saturated carbocycles. The lowest BCUT2D eigenvalue weighted by molar-refractivity contribution is 0.0875. The summed E-state index contributed by atoms with van der Waals surface area (Å²) in [6, 6.07) is 1.33. The van der Waals surface area contributed by atoms with Gasteiger partial charge in [0.15, 0.2) is 11.6 Å². The lowest BCUT2D eigenvalue weighted by Gasteiger charge is -2.24. The number of ether oxygens (including phenoxy) is 1. The first-order chi connectivity index (χ1) is 7.66. The average Bonchev–Trinajstić information content (AvgIpc) is 2.27. The van der Waals surface area contributed by atoms with Crippen molar-refractivity contribution in [3.8, 4) is 0 Å². The molecule has 1 aromatic carbocycles. The molecular formula is C11H12F3NO. The van der Waals surface area contributed by atoms with Crippen LogP contribution in [0, 0.1) is 17.5 Å². The van der Waals surface area contributed by atoms with Gasteiger partial charge in [0, 0.05) is 24.8 Å². The van der Waals surface area contributed by atoms with E-state index in [0.717, 1.165) is 18.9 Å². The number of nitrogens with one attached hydrogen (secondary N) is 1. The van der Waals surface area contributed by atoms with Crippen LogP contribution in [-0.2, 0) is 4.74 Å². The Morgan fingerprint density at radius 2 is 1.88 bits per heavy atom. The molecule has 0 amide bonds. The Morgan fingerprint density at radius 1 is 1.12 bits per heavy atom. The van der Waals surface area contributed by atoms with Gasteiger partial charge < -0.3 is 10.1 Å². The van der Waals surface area contributed by atoms with Crippen molar-refractivity contribution in [3.05, 3.63) is 29.6 Å². The molecule has 5 heteroatoms. The highest BCUT2D eigenvalue weighted by molar-refractivity contribution is 5.46. The summed E-state index contributed by atoms with van der Waals surface area (Å²) in [5, 5.41) is 2.81. The largest absolute Gasteiger partial charge is 0.379 e. The van der Waals surface area contributed by atoms with Crippen molar-refractivity contribution in [1.29, 1.82) is 0 Å². The first kappa shape index (κ1) is 11.3. The van der Waals surface area contributed by atoms with Crippen molar-refractivity contribution < 1.29 is 17.9 Å². The molecule has 0 bridgehead atoms. The molecule has 16 heavy (non-hydrogen) atoms. The third kappa shape index (κ3) is 2.47. The van der Waals surface area contributed by atoms with Crippen LogP contribution in [0.4, 0.5) is 18.9 Å². The van der Waals surface area contributed by atoms with Crippen molar-refractivity contribution in [1.82, 2.24) is 0 Å². The van der Waals surface area contributed by atoms with Crippen molar-refractivity contribution in [2.24, 2.45) is 0 Å². The molecule has 1 heterocycles. The van der Waals surface area contributed by atoms with Crippen molar-refractivity contribution in [2.45, 2.75) is 18.9 Å². The maximum Gasteiger partial charge on any atom is 0.161 e. The van der Waals surface area contributed by atoms with Crippen LogP contribution in [0.15, 0.2) is 12.1 Å².